The van der Waals surface area contributed by atoms with Crippen molar-refractivity contribution in [1.29, 1.82) is 0 Å². The topological polar surface area (TPSA) is 24.9 Å². The normalized spacial score (nSPS) is 12.0. The summed E-state index contributed by atoms with van der Waals surface area (Å²) in [6, 6.07) is 2.49. The summed E-state index contributed by atoms with van der Waals surface area (Å²) in [7, 11) is 0. The Kier molecular flexibility index (Phi) is 4.54. The first-order chi connectivity index (χ1) is 9.75. The summed E-state index contributed by atoms with van der Waals surface area (Å²) in [5.74, 6) is 0. The third kappa shape index (κ3) is 3.19. The van der Waals surface area contributed by atoms with Crippen molar-refractivity contribution in [1.82, 2.24) is 4.98 Å². The Morgan fingerprint density at radius 2 is 1.90 bits per heavy atom. The number of hydrogen-bond acceptors (Lipinski definition) is 2. The number of halogens is 5. The lowest BCUT2D eigenvalue weighted by Crippen LogP contribution is -2.11. The third-order valence-electron chi connectivity index (χ3n) is 3.01. The predicted octanol–water partition coefficient (Wildman–Crippen LogP) is 5.69. The molecule has 0 atom stereocenters. The van der Waals surface area contributed by atoms with Crippen molar-refractivity contribution in [2.75, 3.05) is 11.9 Å². The molecule has 0 amide bonds. The quantitative estimate of drug-likeness (QED) is 0.778. The molecular formula is C14H13Cl2F3N2. The van der Waals surface area contributed by atoms with Crippen LogP contribution in [0.15, 0.2) is 12.1 Å². The maximum atomic E-state index is 13.0. The van der Waals surface area contributed by atoms with E-state index in [1.807, 2.05) is 6.92 Å². The van der Waals surface area contributed by atoms with Gasteiger partial charge in [-0.25, -0.2) is 4.98 Å². The van der Waals surface area contributed by atoms with Crippen LogP contribution in [0.4, 0.5) is 18.9 Å². The van der Waals surface area contributed by atoms with Crippen molar-refractivity contribution >= 4 is 39.8 Å². The molecule has 0 aliphatic carbocycles. The number of aryl methyl sites for hydroxylation is 1. The zero-order valence-corrected chi connectivity index (χ0v) is 12.9. The van der Waals surface area contributed by atoms with Gasteiger partial charge >= 0.3 is 6.18 Å². The molecule has 2 aromatic rings. The van der Waals surface area contributed by atoms with E-state index in [-0.39, 0.29) is 10.5 Å². The minimum absolute atomic E-state index is 0.0562. The largest absolute Gasteiger partial charge is 0.433 e. The van der Waals surface area contributed by atoms with E-state index in [0.29, 0.717) is 28.2 Å². The number of aromatic nitrogens is 1. The molecule has 1 aromatic carbocycles. The average molecular weight is 337 g/mol. The molecule has 0 saturated carbocycles. The fourth-order valence-corrected chi connectivity index (χ4v) is 2.55. The van der Waals surface area contributed by atoms with E-state index in [0.717, 1.165) is 12.5 Å². The van der Waals surface area contributed by atoms with Crippen molar-refractivity contribution in [2.45, 2.75) is 26.4 Å². The first-order valence-corrected chi connectivity index (χ1v) is 7.11. The Hall–Kier alpha value is -1.20. The molecule has 0 saturated heterocycles. The van der Waals surface area contributed by atoms with Gasteiger partial charge in [-0.15, -0.1) is 0 Å². The molecule has 1 N–H and O–H groups in total. The summed E-state index contributed by atoms with van der Waals surface area (Å²) in [6.07, 6.45) is -3.78. The molecule has 0 bridgehead atoms. The number of nitrogens with one attached hydrogen (secondary N) is 1. The third-order valence-corrected chi connectivity index (χ3v) is 3.79. The van der Waals surface area contributed by atoms with Crippen LogP contribution < -0.4 is 5.32 Å². The fourth-order valence-electron chi connectivity index (χ4n) is 2.00. The van der Waals surface area contributed by atoms with E-state index in [4.69, 9.17) is 23.2 Å². The number of hydrogen-bond donors (Lipinski definition) is 1. The van der Waals surface area contributed by atoms with Crippen molar-refractivity contribution in [3.63, 3.8) is 0 Å². The molecular weight excluding hydrogens is 324 g/mol. The Bertz CT molecular complexity index is 684. The number of rotatable bonds is 3. The monoisotopic (exact) mass is 336 g/mol. The van der Waals surface area contributed by atoms with Crippen LogP contribution in [-0.4, -0.2) is 11.5 Å². The number of pyridine rings is 1. The standard InChI is InChI=1S/C14H13Cl2F3N2/c1-3-4-20-9-6-10(14(17,18)19)21-13-8(15)5-7(2)12(16)11(9)13/h5-6H,3-4H2,1-2H3,(H,20,21). The smallest absolute Gasteiger partial charge is 0.384 e. The summed E-state index contributed by atoms with van der Waals surface area (Å²) in [6.45, 7) is 4.19. The van der Waals surface area contributed by atoms with Crippen molar-refractivity contribution < 1.29 is 13.2 Å². The second-order valence-electron chi connectivity index (χ2n) is 4.69. The molecule has 0 fully saturated rings. The van der Waals surface area contributed by atoms with Crippen molar-refractivity contribution in [3.8, 4) is 0 Å². The Labute approximate surface area is 130 Å². The van der Waals surface area contributed by atoms with Crippen LogP contribution in [0.25, 0.3) is 10.9 Å². The summed E-state index contributed by atoms with van der Waals surface area (Å²) in [5, 5.41) is 3.89. The zero-order valence-electron chi connectivity index (χ0n) is 11.4. The number of alkyl halides is 3. The van der Waals surface area contributed by atoms with Gasteiger partial charge in [0.1, 0.15) is 5.69 Å². The average Bonchev–Trinajstić information content (AvgIpc) is 2.40. The van der Waals surface area contributed by atoms with Gasteiger partial charge < -0.3 is 5.32 Å². The maximum absolute atomic E-state index is 13.0. The van der Waals surface area contributed by atoms with Crippen LogP contribution in [-0.2, 0) is 6.18 Å². The minimum atomic E-state index is -4.54. The predicted molar refractivity (Wildman–Crippen MR) is 80.3 cm³/mol. The molecule has 2 nitrogen and oxygen atoms in total. The lowest BCUT2D eigenvalue weighted by atomic mass is 10.1. The first kappa shape index (κ1) is 16.2. The van der Waals surface area contributed by atoms with E-state index >= 15 is 0 Å². The van der Waals surface area contributed by atoms with Gasteiger partial charge in [0.2, 0.25) is 0 Å². The summed E-state index contributed by atoms with van der Waals surface area (Å²) in [4.78, 5) is 3.64. The molecule has 0 unspecified atom stereocenters. The van der Waals surface area contributed by atoms with Gasteiger partial charge in [0.25, 0.3) is 0 Å². The molecule has 21 heavy (non-hydrogen) atoms. The van der Waals surface area contributed by atoms with Crippen molar-refractivity contribution in [2.24, 2.45) is 0 Å². The van der Waals surface area contributed by atoms with Crippen LogP contribution in [0, 0.1) is 6.92 Å². The van der Waals surface area contributed by atoms with Crippen LogP contribution in [0.5, 0.6) is 0 Å². The summed E-state index contributed by atoms with van der Waals surface area (Å²) < 4.78 is 38.9. The van der Waals surface area contributed by atoms with Crippen LogP contribution in [0.1, 0.15) is 24.6 Å². The van der Waals surface area contributed by atoms with Gasteiger partial charge in [0, 0.05) is 17.6 Å². The van der Waals surface area contributed by atoms with Crippen LogP contribution >= 0.6 is 23.2 Å². The van der Waals surface area contributed by atoms with Gasteiger partial charge in [-0.2, -0.15) is 13.2 Å². The van der Waals surface area contributed by atoms with E-state index in [2.05, 4.69) is 10.3 Å². The Morgan fingerprint density at radius 3 is 2.48 bits per heavy atom. The molecule has 0 aliphatic rings. The zero-order chi connectivity index (χ0) is 15.8. The molecule has 0 spiro atoms. The first-order valence-electron chi connectivity index (χ1n) is 6.36. The number of nitrogens with zero attached hydrogens (tertiary/aromatic N) is 1. The lowest BCUT2D eigenvalue weighted by Gasteiger charge is -2.16. The minimum Gasteiger partial charge on any atom is -0.384 e. The Morgan fingerprint density at radius 1 is 1.24 bits per heavy atom. The Balaban J connectivity index is 2.81. The summed E-state index contributed by atoms with van der Waals surface area (Å²) in [5.41, 5.74) is 0.0520. The van der Waals surface area contributed by atoms with Gasteiger partial charge in [-0.1, -0.05) is 30.1 Å². The molecule has 7 heteroatoms. The molecule has 1 aromatic heterocycles. The number of anilines is 1. The van der Waals surface area contributed by atoms with Gasteiger partial charge in [-0.05, 0) is 31.0 Å². The van der Waals surface area contributed by atoms with E-state index in [1.54, 1.807) is 6.92 Å². The second-order valence-corrected chi connectivity index (χ2v) is 5.48. The highest BCUT2D eigenvalue weighted by Gasteiger charge is 2.34. The maximum Gasteiger partial charge on any atom is 0.433 e. The van der Waals surface area contributed by atoms with E-state index < -0.39 is 11.9 Å². The molecule has 2 rings (SSSR count). The number of benzene rings is 1. The van der Waals surface area contributed by atoms with Crippen LogP contribution in [0.2, 0.25) is 10.0 Å². The fraction of sp³-hybridized carbons (Fsp3) is 0.357. The molecule has 0 radical (unpaired) electrons. The van der Waals surface area contributed by atoms with Gasteiger partial charge in [0.15, 0.2) is 0 Å². The highest BCUT2D eigenvalue weighted by atomic mass is 35.5. The molecule has 114 valence electrons. The SMILES string of the molecule is CCCNc1cc(C(F)(F)F)nc2c(Cl)cc(C)c(Cl)c12. The molecule has 0 aliphatic heterocycles. The van der Waals surface area contributed by atoms with Gasteiger partial charge in [0.05, 0.1) is 15.6 Å². The van der Waals surface area contributed by atoms with E-state index in [9.17, 15) is 13.2 Å². The lowest BCUT2D eigenvalue weighted by molar-refractivity contribution is -0.140. The number of fused-ring (bicyclic) bond motifs is 1. The molecule has 1 heterocycles. The van der Waals surface area contributed by atoms with Gasteiger partial charge in [-0.3, -0.25) is 0 Å². The van der Waals surface area contributed by atoms with Crippen molar-refractivity contribution in [3.05, 3.63) is 33.4 Å². The summed E-state index contributed by atoms with van der Waals surface area (Å²) >= 11 is 12.3. The van der Waals surface area contributed by atoms with Crippen LogP contribution in [0.3, 0.4) is 0 Å². The highest BCUT2D eigenvalue weighted by Crippen LogP contribution is 2.39. The van der Waals surface area contributed by atoms with E-state index in [1.165, 1.54) is 6.07 Å². The second kappa shape index (κ2) is 5.89. The highest BCUT2D eigenvalue weighted by molar-refractivity contribution is 6.41.